The Kier molecular flexibility index (Phi) is 3.19. The largest absolute Gasteiger partial charge is 0.382 e. The molecule has 3 rings (SSSR count). The van der Waals surface area contributed by atoms with Crippen molar-refractivity contribution in [2.75, 3.05) is 32.9 Å². The highest BCUT2D eigenvalue weighted by molar-refractivity contribution is 6.14. The average molecular weight is 237 g/mol. The lowest BCUT2D eigenvalue weighted by Gasteiger charge is -2.42. The first-order valence-electron chi connectivity index (χ1n) is 6.63. The fourth-order valence-electron chi connectivity index (χ4n) is 3.46. The molecule has 2 radical (unpaired) electrons. The van der Waals surface area contributed by atoms with Crippen LogP contribution in [0, 0.1) is 11.8 Å². The van der Waals surface area contributed by atoms with Crippen LogP contribution >= 0.6 is 0 Å². The van der Waals surface area contributed by atoms with Gasteiger partial charge in [0.15, 0.2) is 0 Å². The van der Waals surface area contributed by atoms with E-state index in [1.54, 1.807) is 0 Å². The maximum Gasteiger partial charge on any atom is 0.139 e. The zero-order chi connectivity index (χ0) is 11.9. The van der Waals surface area contributed by atoms with Crippen LogP contribution in [0.2, 0.25) is 0 Å². The van der Waals surface area contributed by atoms with Crippen LogP contribution < -0.4 is 0 Å². The molecule has 3 aliphatic rings. The Hall–Kier alpha value is -0.0951. The topological polar surface area (TPSA) is 41.9 Å². The predicted octanol–water partition coefficient (Wildman–Crippen LogP) is -0.0517. The van der Waals surface area contributed by atoms with Crippen LogP contribution in [0.5, 0.6) is 0 Å². The number of hydrogen-bond donors (Lipinski definition) is 1. The van der Waals surface area contributed by atoms with E-state index in [0.717, 1.165) is 24.9 Å². The summed E-state index contributed by atoms with van der Waals surface area (Å²) in [6.07, 6.45) is 3.46. The number of nitrogens with zero attached hydrogens (tertiary/aromatic N) is 1. The van der Waals surface area contributed by atoms with Gasteiger partial charge in [-0.1, -0.05) is 6.42 Å². The summed E-state index contributed by atoms with van der Waals surface area (Å²) < 4.78 is 10.9. The first-order chi connectivity index (χ1) is 8.18. The Bertz CT molecular complexity index is 269. The van der Waals surface area contributed by atoms with Crippen LogP contribution in [-0.2, 0) is 9.47 Å². The zero-order valence-electron chi connectivity index (χ0n) is 10.2. The van der Waals surface area contributed by atoms with Gasteiger partial charge in [0.05, 0.1) is 19.8 Å². The van der Waals surface area contributed by atoms with Crippen LogP contribution in [0.15, 0.2) is 0 Å². The molecule has 1 aliphatic carbocycles. The van der Waals surface area contributed by atoms with E-state index in [0.29, 0.717) is 19.8 Å². The van der Waals surface area contributed by atoms with Crippen molar-refractivity contribution in [1.82, 2.24) is 4.90 Å². The second-order valence-electron chi connectivity index (χ2n) is 5.57. The molecule has 0 aromatic rings. The molecule has 2 aliphatic heterocycles. The van der Waals surface area contributed by atoms with Crippen LogP contribution in [0.3, 0.4) is 0 Å². The molecular formula is C12H20BNO3. The fourth-order valence-corrected chi connectivity index (χ4v) is 3.46. The van der Waals surface area contributed by atoms with Crippen molar-refractivity contribution in [1.29, 1.82) is 0 Å². The SMILES string of the molecule is [B]C(O)(C1COCCO1)N1CC2CCCC2C1. The molecule has 0 aromatic carbocycles. The summed E-state index contributed by atoms with van der Waals surface area (Å²) in [5, 5.41) is 10.5. The Morgan fingerprint density at radius 3 is 2.47 bits per heavy atom. The highest BCUT2D eigenvalue weighted by Crippen LogP contribution is 2.40. The van der Waals surface area contributed by atoms with Crippen molar-refractivity contribution < 1.29 is 14.6 Å². The first-order valence-corrected chi connectivity index (χ1v) is 6.63. The van der Waals surface area contributed by atoms with Crippen molar-refractivity contribution in [3.8, 4) is 0 Å². The molecule has 0 amide bonds. The Balaban J connectivity index is 1.66. The van der Waals surface area contributed by atoms with Gasteiger partial charge in [0.1, 0.15) is 19.6 Å². The van der Waals surface area contributed by atoms with Crippen molar-refractivity contribution >= 4 is 7.85 Å². The number of likely N-dealkylation sites (tertiary alicyclic amines) is 1. The molecule has 4 unspecified atom stereocenters. The van der Waals surface area contributed by atoms with Crippen molar-refractivity contribution in [3.63, 3.8) is 0 Å². The van der Waals surface area contributed by atoms with Gasteiger partial charge in [0, 0.05) is 13.1 Å². The van der Waals surface area contributed by atoms with Gasteiger partial charge < -0.3 is 14.6 Å². The smallest absolute Gasteiger partial charge is 0.139 e. The van der Waals surface area contributed by atoms with Gasteiger partial charge in [0.25, 0.3) is 0 Å². The molecule has 0 bridgehead atoms. The second-order valence-corrected chi connectivity index (χ2v) is 5.57. The van der Waals surface area contributed by atoms with E-state index < -0.39 is 11.7 Å². The molecule has 4 nitrogen and oxygen atoms in total. The number of fused-ring (bicyclic) bond motifs is 1. The van der Waals surface area contributed by atoms with E-state index in [9.17, 15) is 5.11 Å². The van der Waals surface area contributed by atoms with Crippen LogP contribution in [0.4, 0.5) is 0 Å². The maximum atomic E-state index is 10.5. The third kappa shape index (κ3) is 2.14. The van der Waals surface area contributed by atoms with E-state index in [-0.39, 0.29) is 0 Å². The Labute approximate surface area is 104 Å². The molecule has 1 saturated carbocycles. The Morgan fingerprint density at radius 2 is 1.88 bits per heavy atom. The number of hydrogen-bond acceptors (Lipinski definition) is 4. The van der Waals surface area contributed by atoms with Gasteiger partial charge in [-0.3, -0.25) is 4.90 Å². The second kappa shape index (κ2) is 4.54. The van der Waals surface area contributed by atoms with Gasteiger partial charge in [-0.05, 0) is 24.7 Å². The summed E-state index contributed by atoms with van der Waals surface area (Å²) in [6, 6.07) is 0. The molecule has 2 heterocycles. The lowest BCUT2D eigenvalue weighted by molar-refractivity contribution is -0.190. The molecular weight excluding hydrogens is 217 g/mol. The molecule has 0 spiro atoms. The van der Waals surface area contributed by atoms with E-state index in [4.69, 9.17) is 17.3 Å². The minimum absolute atomic E-state index is 0.388. The van der Waals surface area contributed by atoms with Crippen LogP contribution in [0.25, 0.3) is 0 Å². The molecule has 17 heavy (non-hydrogen) atoms. The minimum Gasteiger partial charge on any atom is -0.382 e. The summed E-state index contributed by atoms with van der Waals surface area (Å²) >= 11 is 0. The third-order valence-corrected chi connectivity index (χ3v) is 4.52. The van der Waals surface area contributed by atoms with E-state index in [2.05, 4.69) is 0 Å². The van der Waals surface area contributed by atoms with Crippen LogP contribution in [-0.4, -0.2) is 62.5 Å². The summed E-state index contributed by atoms with van der Waals surface area (Å²) in [4.78, 5) is 1.99. The van der Waals surface area contributed by atoms with Crippen LogP contribution in [0.1, 0.15) is 19.3 Å². The van der Waals surface area contributed by atoms with Gasteiger partial charge in [-0.25, -0.2) is 0 Å². The molecule has 4 atom stereocenters. The lowest BCUT2D eigenvalue weighted by atomic mass is 9.83. The summed E-state index contributed by atoms with van der Waals surface area (Å²) in [5.74, 6) is 1.43. The average Bonchev–Trinajstić information content (AvgIpc) is 2.90. The number of rotatable bonds is 2. The molecule has 1 N–H and O–H groups in total. The highest BCUT2D eigenvalue weighted by atomic mass is 16.6. The van der Waals surface area contributed by atoms with Crippen molar-refractivity contribution in [2.24, 2.45) is 11.8 Å². The summed E-state index contributed by atoms with van der Waals surface area (Å²) in [6.45, 7) is 3.30. The van der Waals surface area contributed by atoms with E-state index in [1.165, 1.54) is 19.3 Å². The number of ether oxygens (including phenoxy) is 2. The monoisotopic (exact) mass is 237 g/mol. The lowest BCUT2D eigenvalue weighted by Crippen LogP contribution is -2.60. The van der Waals surface area contributed by atoms with Gasteiger partial charge in [-0.15, -0.1) is 0 Å². The Morgan fingerprint density at radius 1 is 1.18 bits per heavy atom. The molecule has 5 heteroatoms. The molecule has 94 valence electrons. The summed E-state index contributed by atoms with van der Waals surface area (Å²) in [7, 11) is 6.08. The van der Waals surface area contributed by atoms with Crippen molar-refractivity contribution in [2.45, 2.75) is 31.0 Å². The van der Waals surface area contributed by atoms with E-state index >= 15 is 0 Å². The normalized spacial score (nSPS) is 42.3. The summed E-state index contributed by atoms with van der Waals surface area (Å²) in [5.41, 5.74) is -1.37. The van der Waals surface area contributed by atoms with Gasteiger partial charge >= 0.3 is 0 Å². The zero-order valence-corrected chi connectivity index (χ0v) is 10.2. The van der Waals surface area contributed by atoms with E-state index in [1.807, 2.05) is 4.90 Å². The van der Waals surface area contributed by atoms with Gasteiger partial charge in [-0.2, -0.15) is 0 Å². The predicted molar refractivity (Wildman–Crippen MR) is 63.7 cm³/mol. The maximum absolute atomic E-state index is 10.5. The van der Waals surface area contributed by atoms with Gasteiger partial charge in [0.2, 0.25) is 0 Å². The standard InChI is InChI=1S/C12H20BNO3/c13-12(15,11-8-16-4-5-17-11)14-6-9-2-1-3-10(9)7-14/h9-11,15H,1-8H2. The first kappa shape index (κ1) is 12.0. The number of aliphatic hydroxyl groups is 1. The highest BCUT2D eigenvalue weighted by Gasteiger charge is 2.46. The molecule has 0 aromatic heterocycles. The fraction of sp³-hybridized carbons (Fsp3) is 1.00. The third-order valence-electron chi connectivity index (χ3n) is 4.52. The quantitative estimate of drug-likeness (QED) is 0.683. The molecule has 2 saturated heterocycles. The molecule has 3 fully saturated rings. The van der Waals surface area contributed by atoms with Crippen molar-refractivity contribution in [3.05, 3.63) is 0 Å². The minimum atomic E-state index is -1.37.